The number of hydrogen-bond donors (Lipinski definition) is 0. The standard InChI is InChI=1S/C17H20NO2/c1-3-14-9-11-18(12-10-14)13-17(19)15-5-7-16(8-6-15)20-4-2/h5-12H,3-4,13H2,1-2H3/q+1. The van der Waals surface area contributed by atoms with Crippen molar-refractivity contribution < 1.29 is 14.1 Å². The molecule has 0 bridgehead atoms. The third-order valence-corrected chi connectivity index (χ3v) is 3.18. The fraction of sp³-hybridized carbons (Fsp3) is 0.294. The van der Waals surface area contributed by atoms with Crippen molar-refractivity contribution in [1.82, 2.24) is 0 Å². The van der Waals surface area contributed by atoms with E-state index in [1.807, 2.05) is 60.3 Å². The van der Waals surface area contributed by atoms with E-state index >= 15 is 0 Å². The minimum Gasteiger partial charge on any atom is -0.494 e. The van der Waals surface area contributed by atoms with Gasteiger partial charge in [-0.1, -0.05) is 6.92 Å². The number of nitrogens with zero attached hydrogens (tertiary/aromatic N) is 1. The lowest BCUT2D eigenvalue weighted by Crippen LogP contribution is -2.37. The van der Waals surface area contributed by atoms with E-state index in [4.69, 9.17) is 4.74 Å². The van der Waals surface area contributed by atoms with E-state index in [1.165, 1.54) is 5.56 Å². The second-order valence-electron chi connectivity index (χ2n) is 4.61. The highest BCUT2D eigenvalue weighted by Gasteiger charge is 2.11. The van der Waals surface area contributed by atoms with Gasteiger partial charge in [-0.05, 0) is 43.2 Å². The Hall–Kier alpha value is -2.16. The molecule has 20 heavy (non-hydrogen) atoms. The largest absolute Gasteiger partial charge is 0.494 e. The first kappa shape index (κ1) is 14.3. The maximum absolute atomic E-state index is 12.2. The maximum Gasteiger partial charge on any atom is 0.227 e. The highest BCUT2D eigenvalue weighted by Crippen LogP contribution is 2.12. The lowest BCUT2D eigenvalue weighted by atomic mass is 10.1. The summed E-state index contributed by atoms with van der Waals surface area (Å²) in [6.45, 7) is 5.05. The summed E-state index contributed by atoms with van der Waals surface area (Å²) >= 11 is 0. The van der Waals surface area contributed by atoms with Crippen molar-refractivity contribution >= 4 is 5.78 Å². The molecule has 0 atom stereocenters. The molecule has 0 aliphatic carbocycles. The molecule has 0 aliphatic heterocycles. The highest BCUT2D eigenvalue weighted by molar-refractivity contribution is 5.95. The van der Waals surface area contributed by atoms with Crippen LogP contribution in [0, 0.1) is 0 Å². The van der Waals surface area contributed by atoms with Gasteiger partial charge in [0.2, 0.25) is 12.3 Å². The van der Waals surface area contributed by atoms with Crippen molar-refractivity contribution in [1.29, 1.82) is 0 Å². The van der Waals surface area contributed by atoms with Gasteiger partial charge in [0.25, 0.3) is 0 Å². The molecule has 0 N–H and O–H groups in total. The molecule has 0 radical (unpaired) electrons. The predicted molar refractivity (Wildman–Crippen MR) is 78.0 cm³/mol. The van der Waals surface area contributed by atoms with Gasteiger partial charge in [-0.15, -0.1) is 0 Å². The van der Waals surface area contributed by atoms with Gasteiger partial charge in [-0.3, -0.25) is 4.79 Å². The van der Waals surface area contributed by atoms with Gasteiger partial charge >= 0.3 is 0 Å². The van der Waals surface area contributed by atoms with Crippen LogP contribution in [0.3, 0.4) is 0 Å². The zero-order valence-corrected chi connectivity index (χ0v) is 12.0. The Morgan fingerprint density at radius 3 is 2.25 bits per heavy atom. The van der Waals surface area contributed by atoms with Crippen LogP contribution in [-0.4, -0.2) is 12.4 Å². The highest BCUT2D eigenvalue weighted by atomic mass is 16.5. The van der Waals surface area contributed by atoms with E-state index in [2.05, 4.69) is 6.92 Å². The number of rotatable bonds is 6. The number of hydrogen-bond acceptors (Lipinski definition) is 2. The number of aromatic nitrogens is 1. The van der Waals surface area contributed by atoms with E-state index in [0.717, 1.165) is 12.2 Å². The van der Waals surface area contributed by atoms with Crippen LogP contribution < -0.4 is 9.30 Å². The minimum atomic E-state index is 0.0993. The van der Waals surface area contributed by atoms with Crippen LogP contribution in [0.4, 0.5) is 0 Å². The molecule has 0 unspecified atom stereocenters. The summed E-state index contributed by atoms with van der Waals surface area (Å²) in [5, 5.41) is 0. The SMILES string of the molecule is CCOc1ccc(C(=O)C[n+]2ccc(CC)cc2)cc1. The molecule has 3 nitrogen and oxygen atoms in total. The van der Waals surface area contributed by atoms with Gasteiger partial charge in [0, 0.05) is 17.7 Å². The Morgan fingerprint density at radius 2 is 1.70 bits per heavy atom. The van der Waals surface area contributed by atoms with Gasteiger partial charge in [0.15, 0.2) is 12.4 Å². The van der Waals surface area contributed by atoms with Gasteiger partial charge in [0.1, 0.15) is 5.75 Å². The van der Waals surface area contributed by atoms with Gasteiger partial charge < -0.3 is 4.74 Å². The van der Waals surface area contributed by atoms with Gasteiger partial charge in [-0.2, -0.15) is 4.57 Å². The number of carbonyl (C=O) groups excluding carboxylic acids is 1. The summed E-state index contributed by atoms with van der Waals surface area (Å²) in [4.78, 5) is 12.2. The summed E-state index contributed by atoms with van der Waals surface area (Å²) in [5.41, 5.74) is 1.98. The van der Waals surface area contributed by atoms with E-state index < -0.39 is 0 Å². The second-order valence-corrected chi connectivity index (χ2v) is 4.61. The smallest absolute Gasteiger partial charge is 0.227 e. The molecular weight excluding hydrogens is 250 g/mol. The third-order valence-electron chi connectivity index (χ3n) is 3.18. The molecule has 0 aliphatic rings. The quantitative estimate of drug-likeness (QED) is 0.597. The zero-order chi connectivity index (χ0) is 14.4. The number of pyridine rings is 1. The van der Waals surface area contributed by atoms with Crippen LogP contribution >= 0.6 is 0 Å². The number of ketones is 1. The van der Waals surface area contributed by atoms with E-state index in [-0.39, 0.29) is 5.78 Å². The molecule has 104 valence electrons. The van der Waals surface area contributed by atoms with Crippen molar-refractivity contribution in [2.24, 2.45) is 0 Å². The molecule has 3 heteroatoms. The van der Waals surface area contributed by atoms with Crippen LogP contribution in [0.2, 0.25) is 0 Å². The lowest BCUT2D eigenvalue weighted by molar-refractivity contribution is -0.683. The van der Waals surface area contributed by atoms with Crippen LogP contribution in [0.5, 0.6) is 5.75 Å². The first-order valence-corrected chi connectivity index (χ1v) is 6.97. The fourth-order valence-electron chi connectivity index (χ4n) is 1.99. The summed E-state index contributed by atoms with van der Waals surface area (Å²) in [7, 11) is 0. The van der Waals surface area contributed by atoms with E-state index in [9.17, 15) is 4.79 Å². The normalized spacial score (nSPS) is 10.3. The molecule has 1 aromatic heterocycles. The summed E-state index contributed by atoms with van der Waals surface area (Å²) < 4.78 is 7.27. The molecule has 0 amide bonds. The first-order chi connectivity index (χ1) is 9.72. The number of benzene rings is 1. The van der Waals surface area contributed by atoms with Crippen LogP contribution in [0.25, 0.3) is 0 Å². The number of ether oxygens (including phenoxy) is 1. The average molecular weight is 270 g/mol. The molecule has 0 fully saturated rings. The van der Waals surface area contributed by atoms with E-state index in [1.54, 1.807) is 0 Å². The Bertz CT molecular complexity index is 559. The predicted octanol–water partition coefficient (Wildman–Crippen LogP) is 2.82. The lowest BCUT2D eigenvalue weighted by Gasteiger charge is -2.03. The summed E-state index contributed by atoms with van der Waals surface area (Å²) in [5.74, 6) is 0.895. The Labute approximate surface area is 119 Å². The topological polar surface area (TPSA) is 30.2 Å². The third kappa shape index (κ3) is 3.67. The van der Waals surface area contributed by atoms with Crippen LogP contribution in [0.1, 0.15) is 29.8 Å². The van der Waals surface area contributed by atoms with Gasteiger partial charge in [0.05, 0.1) is 6.61 Å². The number of aryl methyl sites for hydroxylation is 1. The van der Waals surface area contributed by atoms with E-state index in [0.29, 0.717) is 18.7 Å². The summed E-state index contributed by atoms with van der Waals surface area (Å²) in [6.07, 6.45) is 4.91. The molecular formula is C17H20NO2+. The van der Waals surface area contributed by atoms with Crippen LogP contribution in [-0.2, 0) is 13.0 Å². The molecule has 2 rings (SSSR count). The molecule has 2 aromatic rings. The zero-order valence-electron chi connectivity index (χ0n) is 12.0. The van der Waals surface area contributed by atoms with Crippen molar-refractivity contribution in [2.45, 2.75) is 26.8 Å². The molecule has 0 saturated heterocycles. The Kier molecular flexibility index (Phi) is 4.88. The summed E-state index contributed by atoms with van der Waals surface area (Å²) in [6, 6.07) is 11.4. The number of carbonyl (C=O) groups is 1. The maximum atomic E-state index is 12.2. The Morgan fingerprint density at radius 1 is 1.05 bits per heavy atom. The van der Waals surface area contributed by atoms with Crippen molar-refractivity contribution in [3.05, 3.63) is 59.9 Å². The Balaban J connectivity index is 2.03. The number of Topliss-reactive ketones (excluding diaryl/α,β-unsaturated/α-hetero) is 1. The average Bonchev–Trinajstić information content (AvgIpc) is 2.49. The fourth-order valence-corrected chi connectivity index (χ4v) is 1.99. The second kappa shape index (κ2) is 6.85. The monoisotopic (exact) mass is 270 g/mol. The van der Waals surface area contributed by atoms with Crippen molar-refractivity contribution in [2.75, 3.05) is 6.61 Å². The minimum absolute atomic E-state index is 0.0993. The van der Waals surface area contributed by atoms with Gasteiger partial charge in [-0.25, -0.2) is 0 Å². The molecule has 0 saturated carbocycles. The molecule has 0 spiro atoms. The molecule has 1 aromatic carbocycles. The van der Waals surface area contributed by atoms with Crippen LogP contribution in [0.15, 0.2) is 48.8 Å². The van der Waals surface area contributed by atoms with Crippen molar-refractivity contribution in [3.8, 4) is 5.75 Å². The molecule has 1 heterocycles. The van der Waals surface area contributed by atoms with Crippen molar-refractivity contribution in [3.63, 3.8) is 0 Å². The first-order valence-electron chi connectivity index (χ1n) is 6.97.